The minimum Gasteiger partial charge on any atom is -0.376 e. The summed E-state index contributed by atoms with van der Waals surface area (Å²) in [6.07, 6.45) is 0. The van der Waals surface area contributed by atoms with E-state index in [-0.39, 0.29) is 18.1 Å². The standard InChI is InChI=1S/C15H15N3O3/c1-11-5-7-12(8-6-11)16-10-15(19)17-13-3-2-4-14(9-13)18(20)21/h2-9,16H,10H2,1H3,(H,17,19). The molecule has 0 saturated carbocycles. The van der Waals surface area contributed by atoms with E-state index in [0.29, 0.717) is 5.69 Å². The second kappa shape index (κ2) is 6.51. The normalized spacial score (nSPS) is 9.95. The fraction of sp³-hybridized carbons (Fsp3) is 0.133. The van der Waals surface area contributed by atoms with E-state index >= 15 is 0 Å². The van der Waals surface area contributed by atoms with Gasteiger partial charge in [-0.2, -0.15) is 0 Å². The molecule has 0 aliphatic rings. The molecule has 1 amide bonds. The number of nitrogens with one attached hydrogen (secondary N) is 2. The van der Waals surface area contributed by atoms with Crippen molar-refractivity contribution in [2.75, 3.05) is 17.2 Å². The zero-order valence-electron chi connectivity index (χ0n) is 11.5. The number of hydrogen-bond acceptors (Lipinski definition) is 4. The van der Waals surface area contributed by atoms with Crippen molar-refractivity contribution in [2.45, 2.75) is 6.92 Å². The van der Waals surface area contributed by atoms with Gasteiger partial charge in [0.2, 0.25) is 5.91 Å². The van der Waals surface area contributed by atoms with Crippen molar-refractivity contribution >= 4 is 23.0 Å². The van der Waals surface area contributed by atoms with Crippen LogP contribution in [0.3, 0.4) is 0 Å². The Labute approximate surface area is 121 Å². The highest BCUT2D eigenvalue weighted by molar-refractivity contribution is 5.94. The van der Waals surface area contributed by atoms with Crippen LogP contribution in [-0.4, -0.2) is 17.4 Å². The van der Waals surface area contributed by atoms with Crippen LogP contribution in [0.25, 0.3) is 0 Å². The number of amides is 1. The van der Waals surface area contributed by atoms with Crippen LogP contribution in [0.4, 0.5) is 17.1 Å². The molecule has 0 aliphatic carbocycles. The Bertz CT molecular complexity index is 653. The molecule has 0 atom stereocenters. The van der Waals surface area contributed by atoms with Crippen molar-refractivity contribution in [3.63, 3.8) is 0 Å². The lowest BCUT2D eigenvalue weighted by atomic mass is 10.2. The molecule has 0 spiro atoms. The van der Waals surface area contributed by atoms with Crippen LogP contribution < -0.4 is 10.6 Å². The summed E-state index contributed by atoms with van der Waals surface area (Å²) in [6.45, 7) is 2.07. The maximum Gasteiger partial charge on any atom is 0.271 e. The predicted octanol–water partition coefficient (Wildman–Crippen LogP) is 2.95. The Morgan fingerprint density at radius 3 is 2.52 bits per heavy atom. The van der Waals surface area contributed by atoms with E-state index in [4.69, 9.17) is 0 Å². The molecule has 2 aromatic rings. The molecule has 2 rings (SSSR count). The van der Waals surface area contributed by atoms with Crippen LogP contribution in [-0.2, 0) is 4.79 Å². The smallest absolute Gasteiger partial charge is 0.271 e. The molecule has 0 unspecified atom stereocenters. The second-order valence-corrected chi connectivity index (χ2v) is 4.58. The third-order valence-corrected chi connectivity index (χ3v) is 2.85. The summed E-state index contributed by atoms with van der Waals surface area (Å²) < 4.78 is 0. The summed E-state index contributed by atoms with van der Waals surface area (Å²) in [5, 5.41) is 16.3. The fourth-order valence-electron chi connectivity index (χ4n) is 1.76. The number of benzene rings is 2. The topological polar surface area (TPSA) is 84.3 Å². The van der Waals surface area contributed by atoms with E-state index in [1.165, 1.54) is 18.2 Å². The molecular weight excluding hydrogens is 270 g/mol. The van der Waals surface area contributed by atoms with Gasteiger partial charge in [-0.1, -0.05) is 23.8 Å². The molecule has 2 N–H and O–H groups in total. The molecule has 0 heterocycles. The van der Waals surface area contributed by atoms with Crippen molar-refractivity contribution in [1.82, 2.24) is 0 Å². The quantitative estimate of drug-likeness (QED) is 0.653. The minimum absolute atomic E-state index is 0.0562. The number of carbonyl (C=O) groups excluding carboxylic acids is 1. The monoisotopic (exact) mass is 285 g/mol. The Morgan fingerprint density at radius 1 is 1.14 bits per heavy atom. The first-order valence-corrected chi connectivity index (χ1v) is 6.39. The molecule has 0 fully saturated rings. The number of anilines is 2. The van der Waals surface area contributed by atoms with Crippen molar-refractivity contribution in [3.05, 3.63) is 64.2 Å². The van der Waals surface area contributed by atoms with Crippen molar-refractivity contribution in [1.29, 1.82) is 0 Å². The molecule has 6 heteroatoms. The number of nitrogens with zero attached hydrogens (tertiary/aromatic N) is 1. The number of nitro benzene ring substituents is 1. The molecule has 0 bridgehead atoms. The van der Waals surface area contributed by atoms with Gasteiger partial charge >= 0.3 is 0 Å². The van der Waals surface area contributed by atoms with Crippen molar-refractivity contribution in [3.8, 4) is 0 Å². The van der Waals surface area contributed by atoms with E-state index in [1.54, 1.807) is 6.07 Å². The van der Waals surface area contributed by atoms with Crippen LogP contribution in [0, 0.1) is 17.0 Å². The first-order valence-electron chi connectivity index (χ1n) is 6.39. The lowest BCUT2D eigenvalue weighted by molar-refractivity contribution is -0.384. The first-order chi connectivity index (χ1) is 10.0. The average Bonchev–Trinajstić information content (AvgIpc) is 2.47. The highest BCUT2D eigenvalue weighted by atomic mass is 16.6. The van der Waals surface area contributed by atoms with Crippen LogP contribution >= 0.6 is 0 Å². The zero-order valence-corrected chi connectivity index (χ0v) is 11.5. The van der Waals surface area contributed by atoms with Gasteiger partial charge in [-0.15, -0.1) is 0 Å². The van der Waals surface area contributed by atoms with E-state index in [0.717, 1.165) is 11.3 Å². The summed E-state index contributed by atoms with van der Waals surface area (Å²) in [5.41, 5.74) is 2.33. The summed E-state index contributed by atoms with van der Waals surface area (Å²) in [7, 11) is 0. The Balaban J connectivity index is 1.91. The van der Waals surface area contributed by atoms with E-state index in [2.05, 4.69) is 10.6 Å². The molecule has 108 valence electrons. The molecule has 2 aromatic carbocycles. The number of aryl methyl sites for hydroxylation is 1. The summed E-state index contributed by atoms with van der Waals surface area (Å²) >= 11 is 0. The van der Waals surface area contributed by atoms with Gasteiger partial charge in [-0.3, -0.25) is 14.9 Å². The Morgan fingerprint density at radius 2 is 1.86 bits per heavy atom. The number of carbonyl (C=O) groups is 1. The molecule has 6 nitrogen and oxygen atoms in total. The van der Waals surface area contributed by atoms with Gasteiger partial charge in [0, 0.05) is 23.5 Å². The summed E-state index contributed by atoms with van der Waals surface area (Å²) in [5.74, 6) is -0.268. The Hall–Kier alpha value is -2.89. The fourth-order valence-corrected chi connectivity index (χ4v) is 1.76. The van der Waals surface area contributed by atoms with Crippen LogP contribution in [0.5, 0.6) is 0 Å². The number of nitro groups is 1. The SMILES string of the molecule is Cc1ccc(NCC(=O)Nc2cccc([N+](=O)[O-])c2)cc1. The number of non-ortho nitro benzene ring substituents is 1. The highest BCUT2D eigenvalue weighted by Gasteiger charge is 2.08. The van der Waals surface area contributed by atoms with Crippen molar-refractivity contribution in [2.24, 2.45) is 0 Å². The first kappa shape index (κ1) is 14.5. The molecule has 21 heavy (non-hydrogen) atoms. The number of rotatable bonds is 5. The van der Waals surface area contributed by atoms with E-state index in [9.17, 15) is 14.9 Å². The number of hydrogen-bond donors (Lipinski definition) is 2. The summed E-state index contributed by atoms with van der Waals surface area (Å²) in [6, 6.07) is 13.5. The summed E-state index contributed by atoms with van der Waals surface area (Å²) in [4.78, 5) is 21.9. The van der Waals surface area contributed by atoms with Gasteiger partial charge in [0.05, 0.1) is 11.5 Å². The lowest BCUT2D eigenvalue weighted by Crippen LogP contribution is -2.21. The van der Waals surface area contributed by atoms with Gasteiger partial charge in [0.25, 0.3) is 5.69 Å². The third kappa shape index (κ3) is 4.31. The largest absolute Gasteiger partial charge is 0.376 e. The predicted molar refractivity (Wildman–Crippen MR) is 81.4 cm³/mol. The van der Waals surface area contributed by atoms with Gasteiger partial charge in [0.1, 0.15) is 0 Å². The average molecular weight is 285 g/mol. The molecule has 0 aliphatic heterocycles. The zero-order chi connectivity index (χ0) is 15.2. The van der Waals surface area contributed by atoms with E-state index < -0.39 is 4.92 Å². The van der Waals surface area contributed by atoms with Gasteiger partial charge in [0.15, 0.2) is 0 Å². The van der Waals surface area contributed by atoms with Gasteiger partial charge in [-0.25, -0.2) is 0 Å². The van der Waals surface area contributed by atoms with Crippen molar-refractivity contribution < 1.29 is 9.72 Å². The highest BCUT2D eigenvalue weighted by Crippen LogP contribution is 2.17. The third-order valence-electron chi connectivity index (χ3n) is 2.85. The van der Waals surface area contributed by atoms with Crippen LogP contribution in [0.15, 0.2) is 48.5 Å². The van der Waals surface area contributed by atoms with Gasteiger partial charge in [-0.05, 0) is 25.1 Å². The van der Waals surface area contributed by atoms with Crippen LogP contribution in [0.2, 0.25) is 0 Å². The Kier molecular flexibility index (Phi) is 4.50. The molecule has 0 radical (unpaired) electrons. The maximum atomic E-state index is 11.8. The van der Waals surface area contributed by atoms with E-state index in [1.807, 2.05) is 31.2 Å². The van der Waals surface area contributed by atoms with Crippen LogP contribution in [0.1, 0.15) is 5.56 Å². The molecule has 0 aromatic heterocycles. The molecular formula is C15H15N3O3. The minimum atomic E-state index is -0.500. The van der Waals surface area contributed by atoms with Gasteiger partial charge < -0.3 is 10.6 Å². The lowest BCUT2D eigenvalue weighted by Gasteiger charge is -2.08. The molecule has 0 saturated heterocycles. The second-order valence-electron chi connectivity index (χ2n) is 4.58. The maximum absolute atomic E-state index is 11.8.